The lowest BCUT2D eigenvalue weighted by Crippen LogP contribution is -2.34. The molecule has 0 saturated heterocycles. The molecule has 0 atom stereocenters. The molecular weight excluding hydrogens is 262 g/mol. The highest BCUT2D eigenvalue weighted by Crippen LogP contribution is 2.26. The molecule has 0 aromatic heterocycles. The number of ether oxygens (including phenoxy) is 1. The zero-order valence-corrected chi connectivity index (χ0v) is 13.5. The summed E-state index contributed by atoms with van der Waals surface area (Å²) in [7, 11) is 0. The maximum Gasteiger partial charge on any atom is 0.176 e. The SMILES string of the molecule is CCC(CC)CN(CC)CC(=O)c1ccc2c(c1)CCO2. The first-order valence-corrected chi connectivity index (χ1v) is 8.19. The highest BCUT2D eigenvalue weighted by Gasteiger charge is 2.18. The highest BCUT2D eigenvalue weighted by molar-refractivity contribution is 5.98. The Morgan fingerprint density at radius 1 is 1.29 bits per heavy atom. The Morgan fingerprint density at radius 3 is 2.71 bits per heavy atom. The van der Waals surface area contributed by atoms with Crippen LogP contribution < -0.4 is 4.74 Å². The monoisotopic (exact) mass is 289 g/mol. The van der Waals surface area contributed by atoms with Crippen LogP contribution in [0.1, 0.15) is 49.5 Å². The molecule has 3 nitrogen and oxygen atoms in total. The van der Waals surface area contributed by atoms with Gasteiger partial charge in [-0.05, 0) is 36.2 Å². The lowest BCUT2D eigenvalue weighted by molar-refractivity contribution is 0.0920. The van der Waals surface area contributed by atoms with Gasteiger partial charge in [0.2, 0.25) is 0 Å². The number of carbonyl (C=O) groups excluding carboxylic acids is 1. The number of ketones is 1. The molecule has 0 unspecified atom stereocenters. The summed E-state index contributed by atoms with van der Waals surface area (Å²) in [5.74, 6) is 1.85. The Balaban J connectivity index is 1.99. The fourth-order valence-corrected chi connectivity index (χ4v) is 2.87. The van der Waals surface area contributed by atoms with Crippen molar-refractivity contribution in [3.8, 4) is 5.75 Å². The quantitative estimate of drug-likeness (QED) is 0.685. The second kappa shape index (κ2) is 7.60. The van der Waals surface area contributed by atoms with Crippen molar-refractivity contribution in [2.45, 2.75) is 40.0 Å². The summed E-state index contributed by atoms with van der Waals surface area (Å²) in [5, 5.41) is 0. The van der Waals surface area contributed by atoms with Gasteiger partial charge in [-0.3, -0.25) is 9.69 Å². The summed E-state index contributed by atoms with van der Waals surface area (Å²) in [6, 6.07) is 5.85. The third-order valence-corrected chi connectivity index (χ3v) is 4.50. The maximum atomic E-state index is 12.5. The summed E-state index contributed by atoms with van der Waals surface area (Å²) in [6.45, 7) is 9.79. The summed E-state index contributed by atoms with van der Waals surface area (Å²) in [5.41, 5.74) is 1.99. The van der Waals surface area contributed by atoms with E-state index in [0.29, 0.717) is 12.5 Å². The molecule has 0 aliphatic carbocycles. The van der Waals surface area contributed by atoms with Crippen molar-refractivity contribution in [2.24, 2.45) is 5.92 Å². The van der Waals surface area contributed by atoms with Crippen molar-refractivity contribution >= 4 is 5.78 Å². The second-order valence-corrected chi connectivity index (χ2v) is 5.85. The van der Waals surface area contributed by atoms with E-state index < -0.39 is 0 Å². The number of likely N-dealkylation sites (N-methyl/N-ethyl adjacent to an activating group) is 1. The van der Waals surface area contributed by atoms with Crippen molar-refractivity contribution in [1.29, 1.82) is 0 Å². The summed E-state index contributed by atoms with van der Waals surface area (Å²) in [4.78, 5) is 14.8. The van der Waals surface area contributed by atoms with Crippen LogP contribution in [-0.2, 0) is 6.42 Å². The van der Waals surface area contributed by atoms with E-state index in [9.17, 15) is 4.79 Å². The molecule has 21 heavy (non-hydrogen) atoms. The van der Waals surface area contributed by atoms with Gasteiger partial charge in [0, 0.05) is 18.5 Å². The van der Waals surface area contributed by atoms with E-state index in [4.69, 9.17) is 4.74 Å². The van der Waals surface area contributed by atoms with Crippen LogP contribution >= 0.6 is 0 Å². The molecule has 3 heteroatoms. The largest absolute Gasteiger partial charge is 0.493 e. The van der Waals surface area contributed by atoms with E-state index in [1.54, 1.807) is 0 Å². The molecule has 0 radical (unpaired) electrons. The summed E-state index contributed by atoms with van der Waals surface area (Å²) >= 11 is 0. The van der Waals surface area contributed by atoms with E-state index >= 15 is 0 Å². The summed E-state index contributed by atoms with van der Waals surface area (Å²) < 4.78 is 5.50. The number of Topliss-reactive ketones (excluding diaryl/α,β-unsaturated/α-hetero) is 1. The van der Waals surface area contributed by atoms with Crippen LogP contribution in [0, 0.1) is 5.92 Å². The van der Waals surface area contributed by atoms with Gasteiger partial charge in [0.1, 0.15) is 5.75 Å². The van der Waals surface area contributed by atoms with Crippen LogP contribution in [0.3, 0.4) is 0 Å². The minimum absolute atomic E-state index is 0.220. The average Bonchev–Trinajstić information content (AvgIpc) is 2.98. The molecule has 116 valence electrons. The predicted octanol–water partition coefficient (Wildman–Crippen LogP) is 3.56. The van der Waals surface area contributed by atoms with E-state index in [0.717, 1.165) is 37.4 Å². The zero-order chi connectivity index (χ0) is 15.2. The molecule has 2 rings (SSSR count). The van der Waals surface area contributed by atoms with Crippen molar-refractivity contribution in [3.05, 3.63) is 29.3 Å². The van der Waals surface area contributed by atoms with Gasteiger partial charge in [0.05, 0.1) is 13.2 Å². The highest BCUT2D eigenvalue weighted by atomic mass is 16.5. The van der Waals surface area contributed by atoms with Gasteiger partial charge in [0.25, 0.3) is 0 Å². The van der Waals surface area contributed by atoms with Gasteiger partial charge in [-0.2, -0.15) is 0 Å². The summed E-state index contributed by atoms with van der Waals surface area (Å²) in [6.07, 6.45) is 3.27. The maximum absolute atomic E-state index is 12.5. The van der Waals surface area contributed by atoms with E-state index in [2.05, 4.69) is 25.7 Å². The number of carbonyl (C=O) groups is 1. The Kier molecular flexibility index (Phi) is 5.80. The Bertz CT molecular complexity index is 480. The van der Waals surface area contributed by atoms with Crippen LogP contribution in [0.4, 0.5) is 0 Å². The molecular formula is C18H27NO2. The second-order valence-electron chi connectivity index (χ2n) is 5.85. The standard InChI is InChI=1S/C18H27NO2/c1-4-14(5-2)12-19(6-3)13-17(20)15-7-8-18-16(11-15)9-10-21-18/h7-8,11,14H,4-6,9-10,12-13H2,1-3H3. The molecule has 1 aromatic rings. The zero-order valence-electron chi connectivity index (χ0n) is 13.5. The number of nitrogens with zero attached hydrogens (tertiary/aromatic N) is 1. The van der Waals surface area contributed by atoms with Gasteiger partial charge in [-0.1, -0.05) is 33.6 Å². The van der Waals surface area contributed by atoms with Crippen molar-refractivity contribution < 1.29 is 9.53 Å². The number of hydrogen-bond acceptors (Lipinski definition) is 3. The third-order valence-electron chi connectivity index (χ3n) is 4.50. The molecule has 0 N–H and O–H groups in total. The Morgan fingerprint density at radius 2 is 2.05 bits per heavy atom. The van der Waals surface area contributed by atoms with Gasteiger partial charge >= 0.3 is 0 Å². The molecule has 1 aliphatic rings. The fraction of sp³-hybridized carbons (Fsp3) is 0.611. The molecule has 0 fully saturated rings. The van der Waals surface area contributed by atoms with E-state index in [1.165, 1.54) is 18.4 Å². The smallest absolute Gasteiger partial charge is 0.176 e. The molecule has 0 amide bonds. The lowest BCUT2D eigenvalue weighted by atomic mass is 10.0. The first kappa shape index (κ1) is 16.0. The predicted molar refractivity (Wildman–Crippen MR) is 86.2 cm³/mol. The minimum atomic E-state index is 0.220. The van der Waals surface area contributed by atoms with Gasteiger partial charge in [-0.15, -0.1) is 0 Å². The Labute approximate surface area is 128 Å². The van der Waals surface area contributed by atoms with Crippen LogP contribution in [0.15, 0.2) is 18.2 Å². The van der Waals surface area contributed by atoms with Crippen LogP contribution in [0.5, 0.6) is 5.75 Å². The van der Waals surface area contributed by atoms with Gasteiger partial charge < -0.3 is 4.74 Å². The topological polar surface area (TPSA) is 29.5 Å². The molecule has 0 saturated carbocycles. The number of rotatable bonds is 8. The number of benzene rings is 1. The normalized spacial score (nSPS) is 13.6. The van der Waals surface area contributed by atoms with E-state index in [1.807, 2.05) is 18.2 Å². The first-order valence-electron chi connectivity index (χ1n) is 8.19. The minimum Gasteiger partial charge on any atom is -0.493 e. The third kappa shape index (κ3) is 4.07. The molecule has 1 heterocycles. The lowest BCUT2D eigenvalue weighted by Gasteiger charge is -2.24. The molecule has 0 bridgehead atoms. The number of hydrogen-bond donors (Lipinski definition) is 0. The Hall–Kier alpha value is -1.35. The van der Waals surface area contributed by atoms with Crippen molar-refractivity contribution in [1.82, 2.24) is 4.90 Å². The van der Waals surface area contributed by atoms with Gasteiger partial charge in [-0.25, -0.2) is 0 Å². The molecule has 1 aliphatic heterocycles. The first-order chi connectivity index (χ1) is 10.2. The van der Waals surface area contributed by atoms with Crippen molar-refractivity contribution in [2.75, 3.05) is 26.2 Å². The van der Waals surface area contributed by atoms with Crippen LogP contribution in [0.25, 0.3) is 0 Å². The van der Waals surface area contributed by atoms with Gasteiger partial charge in [0.15, 0.2) is 5.78 Å². The molecule has 0 spiro atoms. The average molecular weight is 289 g/mol. The number of fused-ring (bicyclic) bond motifs is 1. The van der Waals surface area contributed by atoms with Crippen molar-refractivity contribution in [3.63, 3.8) is 0 Å². The molecule has 1 aromatic carbocycles. The van der Waals surface area contributed by atoms with Crippen LogP contribution in [-0.4, -0.2) is 36.9 Å². The fourth-order valence-electron chi connectivity index (χ4n) is 2.87. The van der Waals surface area contributed by atoms with Crippen LogP contribution in [0.2, 0.25) is 0 Å². The van der Waals surface area contributed by atoms with E-state index in [-0.39, 0.29) is 5.78 Å².